The first-order valence-corrected chi connectivity index (χ1v) is 9.68. The molecule has 3 aromatic rings. The zero-order valence-electron chi connectivity index (χ0n) is 15.6. The van der Waals surface area contributed by atoms with Crippen LogP contribution in [0.3, 0.4) is 0 Å². The Labute approximate surface area is 161 Å². The predicted octanol–water partition coefficient (Wildman–Crippen LogP) is 6.86. The SMILES string of the molecule is C=C=CC1(c2cccc3c2C(CC)c2ccccc2-3)C=Cc2ccccc21. The van der Waals surface area contributed by atoms with E-state index in [2.05, 4.69) is 104 Å². The van der Waals surface area contributed by atoms with Crippen molar-refractivity contribution in [1.29, 1.82) is 0 Å². The summed E-state index contributed by atoms with van der Waals surface area (Å²) in [6, 6.07) is 24.3. The lowest BCUT2D eigenvalue weighted by molar-refractivity contribution is 0.748. The highest BCUT2D eigenvalue weighted by Crippen LogP contribution is 2.53. The van der Waals surface area contributed by atoms with E-state index in [1.165, 1.54) is 38.9 Å². The van der Waals surface area contributed by atoms with Gasteiger partial charge in [-0.15, -0.1) is 5.73 Å². The quantitative estimate of drug-likeness (QED) is 0.454. The lowest BCUT2D eigenvalue weighted by Gasteiger charge is -2.30. The fourth-order valence-corrected chi connectivity index (χ4v) is 5.09. The van der Waals surface area contributed by atoms with Crippen LogP contribution in [0.1, 0.15) is 47.1 Å². The lowest BCUT2D eigenvalue weighted by Crippen LogP contribution is -2.23. The number of allylic oxidation sites excluding steroid dienone is 2. The third-order valence-corrected chi connectivity index (χ3v) is 6.20. The van der Waals surface area contributed by atoms with Gasteiger partial charge in [-0.2, -0.15) is 0 Å². The molecule has 130 valence electrons. The van der Waals surface area contributed by atoms with Gasteiger partial charge in [-0.25, -0.2) is 0 Å². The summed E-state index contributed by atoms with van der Waals surface area (Å²) in [6.07, 6.45) is 7.80. The smallest absolute Gasteiger partial charge is 0.0648 e. The Morgan fingerprint density at radius 1 is 0.926 bits per heavy atom. The Morgan fingerprint density at radius 3 is 2.52 bits per heavy atom. The highest BCUT2D eigenvalue weighted by molar-refractivity contribution is 5.83. The molecule has 2 aliphatic carbocycles. The van der Waals surface area contributed by atoms with Crippen molar-refractivity contribution >= 4 is 6.08 Å². The van der Waals surface area contributed by atoms with Gasteiger partial charge in [0.1, 0.15) is 0 Å². The molecule has 5 rings (SSSR count). The van der Waals surface area contributed by atoms with Gasteiger partial charge in [-0.3, -0.25) is 0 Å². The minimum Gasteiger partial charge on any atom is -0.131 e. The van der Waals surface area contributed by atoms with Crippen LogP contribution in [0.4, 0.5) is 0 Å². The van der Waals surface area contributed by atoms with Gasteiger partial charge in [0.2, 0.25) is 0 Å². The number of hydrogen-bond acceptors (Lipinski definition) is 0. The number of hydrogen-bond donors (Lipinski definition) is 0. The van der Waals surface area contributed by atoms with E-state index in [4.69, 9.17) is 0 Å². The van der Waals surface area contributed by atoms with Gasteiger partial charge in [-0.05, 0) is 51.4 Å². The summed E-state index contributed by atoms with van der Waals surface area (Å²) in [4.78, 5) is 0. The van der Waals surface area contributed by atoms with E-state index in [1.807, 2.05) is 0 Å². The van der Waals surface area contributed by atoms with Crippen LogP contribution in [0.15, 0.2) is 91.2 Å². The number of benzene rings is 3. The van der Waals surface area contributed by atoms with E-state index in [9.17, 15) is 0 Å². The molecular formula is C27H22. The maximum Gasteiger partial charge on any atom is 0.0648 e. The standard InChI is InChI=1S/C27H22/c1-3-17-27(18-16-19-10-5-8-14-24(19)27)25-15-9-13-23-22-12-7-6-11-21(22)20(4-2)26(23)25/h5-18,20H,1,4H2,2H3. The average Bonchev–Trinajstić information content (AvgIpc) is 3.25. The Hall–Kier alpha value is -3.08. The molecule has 27 heavy (non-hydrogen) atoms. The van der Waals surface area contributed by atoms with Crippen molar-refractivity contribution < 1.29 is 0 Å². The zero-order valence-corrected chi connectivity index (χ0v) is 15.6. The summed E-state index contributed by atoms with van der Waals surface area (Å²) in [5, 5.41) is 0. The number of fused-ring (bicyclic) bond motifs is 4. The van der Waals surface area contributed by atoms with E-state index in [0.29, 0.717) is 5.92 Å². The highest BCUT2D eigenvalue weighted by atomic mass is 14.4. The molecule has 0 heteroatoms. The number of rotatable bonds is 3. The molecule has 0 N–H and O–H groups in total. The second kappa shape index (κ2) is 5.98. The van der Waals surface area contributed by atoms with Gasteiger partial charge >= 0.3 is 0 Å². The summed E-state index contributed by atoms with van der Waals surface area (Å²) < 4.78 is 0. The van der Waals surface area contributed by atoms with Crippen LogP contribution in [0.5, 0.6) is 0 Å². The maximum atomic E-state index is 3.93. The van der Waals surface area contributed by atoms with E-state index >= 15 is 0 Å². The topological polar surface area (TPSA) is 0 Å². The van der Waals surface area contributed by atoms with Crippen LogP contribution in [-0.2, 0) is 5.41 Å². The second-order valence-corrected chi connectivity index (χ2v) is 7.45. The minimum atomic E-state index is -0.293. The van der Waals surface area contributed by atoms with Crippen molar-refractivity contribution in [1.82, 2.24) is 0 Å². The van der Waals surface area contributed by atoms with Gasteiger partial charge < -0.3 is 0 Å². The van der Waals surface area contributed by atoms with E-state index in [0.717, 1.165) is 6.42 Å². The molecule has 0 aliphatic heterocycles. The van der Waals surface area contributed by atoms with E-state index in [1.54, 1.807) is 0 Å². The zero-order chi connectivity index (χ0) is 18.4. The molecule has 0 spiro atoms. The van der Waals surface area contributed by atoms with Crippen LogP contribution in [0.2, 0.25) is 0 Å². The molecular weight excluding hydrogens is 324 g/mol. The Bertz CT molecular complexity index is 1120. The van der Waals surface area contributed by atoms with E-state index < -0.39 is 0 Å². The summed E-state index contributed by atoms with van der Waals surface area (Å²) in [6.45, 7) is 6.22. The lowest BCUT2D eigenvalue weighted by atomic mass is 9.72. The molecule has 0 saturated carbocycles. The van der Waals surface area contributed by atoms with Crippen LogP contribution < -0.4 is 0 Å². The van der Waals surface area contributed by atoms with Crippen LogP contribution >= 0.6 is 0 Å². The van der Waals surface area contributed by atoms with Crippen LogP contribution in [0.25, 0.3) is 17.2 Å². The van der Waals surface area contributed by atoms with Gasteiger partial charge in [0, 0.05) is 5.92 Å². The first-order chi connectivity index (χ1) is 13.3. The summed E-state index contributed by atoms with van der Waals surface area (Å²) in [7, 11) is 0. The van der Waals surface area contributed by atoms with Crippen molar-refractivity contribution in [2.75, 3.05) is 0 Å². The highest BCUT2D eigenvalue weighted by Gasteiger charge is 2.40. The van der Waals surface area contributed by atoms with Crippen molar-refractivity contribution in [2.45, 2.75) is 24.7 Å². The molecule has 2 aliphatic rings. The molecule has 2 unspecified atom stereocenters. The van der Waals surface area contributed by atoms with Crippen molar-refractivity contribution in [3.63, 3.8) is 0 Å². The molecule has 0 bridgehead atoms. The summed E-state index contributed by atoms with van der Waals surface area (Å²) in [5.41, 5.74) is 12.5. The van der Waals surface area contributed by atoms with Crippen LogP contribution in [-0.4, -0.2) is 0 Å². The van der Waals surface area contributed by atoms with Gasteiger partial charge in [-0.1, -0.05) is 92.4 Å². The van der Waals surface area contributed by atoms with Crippen LogP contribution in [0, 0.1) is 0 Å². The average molecular weight is 346 g/mol. The fourth-order valence-electron chi connectivity index (χ4n) is 5.09. The molecule has 0 saturated heterocycles. The Kier molecular flexibility index (Phi) is 3.57. The van der Waals surface area contributed by atoms with Gasteiger partial charge in [0.25, 0.3) is 0 Å². The second-order valence-electron chi connectivity index (χ2n) is 7.45. The molecule has 0 heterocycles. The maximum absolute atomic E-state index is 3.93. The van der Waals surface area contributed by atoms with Gasteiger partial charge in [0.15, 0.2) is 0 Å². The normalized spacial score (nSPS) is 21.3. The third-order valence-electron chi connectivity index (χ3n) is 6.20. The molecule has 2 atom stereocenters. The fraction of sp³-hybridized carbons (Fsp3) is 0.148. The summed E-state index contributed by atoms with van der Waals surface area (Å²) >= 11 is 0. The monoisotopic (exact) mass is 346 g/mol. The molecule has 0 fully saturated rings. The minimum absolute atomic E-state index is 0.293. The molecule has 0 aromatic heterocycles. The molecule has 0 radical (unpaired) electrons. The van der Waals surface area contributed by atoms with Gasteiger partial charge in [0.05, 0.1) is 5.41 Å². The van der Waals surface area contributed by atoms with Crippen molar-refractivity contribution in [3.05, 3.63) is 119 Å². The first kappa shape index (κ1) is 16.1. The molecule has 3 aromatic carbocycles. The van der Waals surface area contributed by atoms with Crippen molar-refractivity contribution in [3.8, 4) is 11.1 Å². The Balaban J connectivity index is 1.84. The first-order valence-electron chi connectivity index (χ1n) is 9.68. The Morgan fingerprint density at radius 2 is 1.67 bits per heavy atom. The third kappa shape index (κ3) is 2.11. The van der Waals surface area contributed by atoms with Crippen molar-refractivity contribution in [2.24, 2.45) is 0 Å². The van der Waals surface area contributed by atoms with E-state index in [-0.39, 0.29) is 5.41 Å². The molecule has 0 amide bonds. The predicted molar refractivity (Wildman–Crippen MR) is 114 cm³/mol. The molecule has 0 nitrogen and oxygen atoms in total. The largest absolute Gasteiger partial charge is 0.131 e. The summed E-state index contributed by atoms with van der Waals surface area (Å²) in [5.74, 6) is 0.434.